The molecule has 22 heavy (non-hydrogen) atoms. The highest BCUT2D eigenvalue weighted by Crippen LogP contribution is 2.35. The molecule has 2 aromatic heterocycles. The van der Waals surface area contributed by atoms with Crippen LogP contribution in [-0.2, 0) is 0 Å². The number of nitrogens with one attached hydrogen (secondary N) is 1. The van der Waals surface area contributed by atoms with E-state index in [0.717, 1.165) is 23.9 Å². The number of carbonyl (C=O) groups excluding carboxylic acids is 1. The van der Waals surface area contributed by atoms with Gasteiger partial charge in [0.2, 0.25) is 5.95 Å². The molecule has 0 radical (unpaired) electrons. The van der Waals surface area contributed by atoms with Gasteiger partial charge in [0.1, 0.15) is 6.26 Å². The SMILES string of the molecule is O=C(Nc1nc2ccccc2n1C1CCCC1)c1ccoc1. The standard InChI is InChI=1S/C17H17N3O2/c21-16(12-9-10-22-11-12)19-17-18-14-7-3-4-8-15(14)20(17)13-5-1-2-6-13/h3-4,7-11,13H,1-2,5-6H2,(H,18,19,21). The third kappa shape index (κ3) is 2.19. The van der Waals surface area contributed by atoms with Gasteiger partial charge >= 0.3 is 0 Å². The van der Waals surface area contributed by atoms with Crippen LogP contribution in [0.3, 0.4) is 0 Å². The van der Waals surface area contributed by atoms with Crippen molar-refractivity contribution >= 4 is 22.9 Å². The molecule has 1 N–H and O–H groups in total. The lowest BCUT2D eigenvalue weighted by atomic mass is 10.2. The topological polar surface area (TPSA) is 60.1 Å². The van der Waals surface area contributed by atoms with Crippen LogP contribution >= 0.6 is 0 Å². The summed E-state index contributed by atoms with van der Waals surface area (Å²) in [5.41, 5.74) is 2.50. The predicted octanol–water partition coefficient (Wildman–Crippen LogP) is 4.00. The molecule has 5 heteroatoms. The zero-order chi connectivity index (χ0) is 14.9. The molecule has 1 aromatic carbocycles. The maximum Gasteiger partial charge on any atom is 0.261 e. The number of nitrogens with zero attached hydrogens (tertiary/aromatic N) is 2. The molecule has 5 nitrogen and oxygen atoms in total. The maximum absolute atomic E-state index is 12.3. The molecule has 4 rings (SSSR count). The number of rotatable bonds is 3. The Morgan fingerprint density at radius 3 is 2.82 bits per heavy atom. The summed E-state index contributed by atoms with van der Waals surface area (Å²) in [6, 6.07) is 10.1. The summed E-state index contributed by atoms with van der Waals surface area (Å²) < 4.78 is 7.16. The highest BCUT2D eigenvalue weighted by atomic mass is 16.3. The lowest BCUT2D eigenvalue weighted by Gasteiger charge is -2.16. The fourth-order valence-corrected chi connectivity index (χ4v) is 3.23. The van der Waals surface area contributed by atoms with Gasteiger partial charge in [0.05, 0.1) is 22.9 Å². The first-order valence-corrected chi connectivity index (χ1v) is 7.63. The molecule has 0 bridgehead atoms. The zero-order valence-corrected chi connectivity index (χ0v) is 12.2. The minimum atomic E-state index is -0.191. The van der Waals surface area contributed by atoms with Crippen LogP contribution in [0.4, 0.5) is 5.95 Å². The van der Waals surface area contributed by atoms with E-state index in [2.05, 4.69) is 20.9 Å². The van der Waals surface area contributed by atoms with Gasteiger partial charge in [-0.15, -0.1) is 0 Å². The first kappa shape index (κ1) is 13.1. The number of aromatic nitrogens is 2. The van der Waals surface area contributed by atoms with E-state index in [1.54, 1.807) is 6.07 Å². The average molecular weight is 295 g/mol. The molecule has 1 amide bonds. The number of hydrogen-bond acceptors (Lipinski definition) is 3. The van der Waals surface area contributed by atoms with Gasteiger partial charge in [-0.05, 0) is 31.0 Å². The Balaban J connectivity index is 1.75. The third-order valence-corrected chi connectivity index (χ3v) is 4.29. The Bertz CT molecular complexity index is 799. The van der Waals surface area contributed by atoms with E-state index >= 15 is 0 Å². The quantitative estimate of drug-likeness (QED) is 0.794. The molecule has 1 aliphatic rings. The fourth-order valence-electron chi connectivity index (χ4n) is 3.23. The second-order valence-corrected chi connectivity index (χ2v) is 5.70. The van der Waals surface area contributed by atoms with Crippen molar-refractivity contribution in [2.24, 2.45) is 0 Å². The lowest BCUT2D eigenvalue weighted by molar-refractivity contribution is 0.102. The minimum Gasteiger partial charge on any atom is -0.472 e. The number of para-hydroxylation sites is 2. The molecule has 1 aliphatic carbocycles. The van der Waals surface area contributed by atoms with E-state index in [4.69, 9.17) is 4.42 Å². The van der Waals surface area contributed by atoms with Crippen LogP contribution in [0.2, 0.25) is 0 Å². The third-order valence-electron chi connectivity index (χ3n) is 4.29. The Morgan fingerprint density at radius 2 is 2.05 bits per heavy atom. The number of imidazole rings is 1. The van der Waals surface area contributed by atoms with Gasteiger partial charge in [0.25, 0.3) is 5.91 Å². The molecule has 0 atom stereocenters. The lowest BCUT2D eigenvalue weighted by Crippen LogP contribution is -2.17. The van der Waals surface area contributed by atoms with Gasteiger partial charge in [0.15, 0.2) is 0 Å². The summed E-state index contributed by atoms with van der Waals surface area (Å²) >= 11 is 0. The zero-order valence-electron chi connectivity index (χ0n) is 12.2. The highest BCUT2D eigenvalue weighted by molar-refractivity contribution is 6.03. The van der Waals surface area contributed by atoms with E-state index in [9.17, 15) is 4.79 Å². The van der Waals surface area contributed by atoms with Gasteiger partial charge < -0.3 is 8.98 Å². The number of benzene rings is 1. The molecule has 2 heterocycles. The van der Waals surface area contributed by atoms with Crippen molar-refractivity contribution < 1.29 is 9.21 Å². The van der Waals surface area contributed by atoms with Gasteiger partial charge in [-0.3, -0.25) is 10.1 Å². The van der Waals surface area contributed by atoms with Crippen LogP contribution in [0.25, 0.3) is 11.0 Å². The first-order valence-electron chi connectivity index (χ1n) is 7.63. The number of amides is 1. The monoisotopic (exact) mass is 295 g/mol. The van der Waals surface area contributed by atoms with Crippen LogP contribution in [0.15, 0.2) is 47.3 Å². The summed E-state index contributed by atoms with van der Waals surface area (Å²) in [5, 5.41) is 2.93. The van der Waals surface area contributed by atoms with Crippen molar-refractivity contribution in [3.8, 4) is 0 Å². The van der Waals surface area contributed by atoms with Crippen LogP contribution in [0.5, 0.6) is 0 Å². The summed E-state index contributed by atoms with van der Waals surface area (Å²) in [6.45, 7) is 0. The van der Waals surface area contributed by atoms with Crippen molar-refractivity contribution in [3.63, 3.8) is 0 Å². The second-order valence-electron chi connectivity index (χ2n) is 5.70. The van der Waals surface area contributed by atoms with E-state index in [-0.39, 0.29) is 5.91 Å². The van der Waals surface area contributed by atoms with Crippen molar-refractivity contribution in [1.29, 1.82) is 0 Å². The number of hydrogen-bond donors (Lipinski definition) is 1. The summed E-state index contributed by atoms with van der Waals surface area (Å²) in [5.74, 6) is 0.433. The number of fused-ring (bicyclic) bond motifs is 1. The molecule has 0 aliphatic heterocycles. The number of anilines is 1. The molecule has 1 fully saturated rings. The first-order chi connectivity index (χ1) is 10.8. The Morgan fingerprint density at radius 1 is 1.23 bits per heavy atom. The van der Waals surface area contributed by atoms with Crippen LogP contribution in [-0.4, -0.2) is 15.5 Å². The minimum absolute atomic E-state index is 0.191. The fraction of sp³-hybridized carbons (Fsp3) is 0.294. The molecule has 112 valence electrons. The molecular weight excluding hydrogens is 278 g/mol. The van der Waals surface area contributed by atoms with E-state index in [1.165, 1.54) is 25.4 Å². The summed E-state index contributed by atoms with van der Waals surface area (Å²) in [4.78, 5) is 16.9. The van der Waals surface area contributed by atoms with Crippen molar-refractivity contribution in [1.82, 2.24) is 9.55 Å². The van der Waals surface area contributed by atoms with Crippen molar-refractivity contribution in [2.45, 2.75) is 31.7 Å². The highest BCUT2D eigenvalue weighted by Gasteiger charge is 2.23. The van der Waals surface area contributed by atoms with E-state index in [1.807, 2.05) is 18.2 Å². The maximum atomic E-state index is 12.3. The smallest absolute Gasteiger partial charge is 0.261 e. The summed E-state index contributed by atoms with van der Waals surface area (Å²) in [7, 11) is 0. The van der Waals surface area contributed by atoms with E-state index in [0.29, 0.717) is 17.6 Å². The van der Waals surface area contributed by atoms with Crippen molar-refractivity contribution in [3.05, 3.63) is 48.4 Å². The molecule has 3 aromatic rings. The van der Waals surface area contributed by atoms with E-state index < -0.39 is 0 Å². The van der Waals surface area contributed by atoms with Gasteiger partial charge in [-0.2, -0.15) is 0 Å². The predicted molar refractivity (Wildman–Crippen MR) is 83.9 cm³/mol. The number of furan rings is 1. The molecule has 0 spiro atoms. The van der Waals surface area contributed by atoms with Crippen LogP contribution in [0, 0.1) is 0 Å². The Kier molecular flexibility index (Phi) is 3.18. The number of carbonyl (C=O) groups is 1. The Labute approximate surface area is 127 Å². The molecular formula is C17H17N3O2. The molecule has 1 saturated carbocycles. The van der Waals surface area contributed by atoms with Crippen LogP contribution in [0.1, 0.15) is 42.1 Å². The summed E-state index contributed by atoms with van der Waals surface area (Å²) in [6.07, 6.45) is 7.66. The van der Waals surface area contributed by atoms with Crippen molar-refractivity contribution in [2.75, 3.05) is 5.32 Å². The van der Waals surface area contributed by atoms with Crippen LogP contribution < -0.4 is 5.32 Å². The van der Waals surface area contributed by atoms with Gasteiger partial charge in [-0.1, -0.05) is 25.0 Å². The molecule has 0 saturated heterocycles. The second kappa shape index (κ2) is 5.33. The largest absolute Gasteiger partial charge is 0.472 e. The molecule has 0 unspecified atom stereocenters. The normalized spacial score (nSPS) is 15.5. The average Bonchev–Trinajstić information content (AvgIpc) is 3.27. The Hall–Kier alpha value is -2.56. The van der Waals surface area contributed by atoms with Gasteiger partial charge in [0, 0.05) is 6.04 Å². The van der Waals surface area contributed by atoms with Gasteiger partial charge in [-0.25, -0.2) is 4.98 Å².